The fraction of sp³-hybridized carbons (Fsp3) is 0.368. The molecule has 2 atom stereocenters. The third-order valence-electron chi connectivity index (χ3n) is 4.58. The van der Waals surface area contributed by atoms with Gasteiger partial charge >= 0.3 is 0 Å². The van der Waals surface area contributed by atoms with Crippen molar-refractivity contribution >= 4 is 11.6 Å². The van der Waals surface area contributed by atoms with Crippen molar-refractivity contribution in [2.45, 2.75) is 38.3 Å². The second-order valence-corrected chi connectivity index (χ2v) is 6.25. The monoisotopic (exact) mass is 328 g/mol. The van der Waals surface area contributed by atoms with Gasteiger partial charge in [-0.05, 0) is 56.0 Å². The highest BCUT2D eigenvalue weighted by Crippen LogP contribution is 2.30. The first kappa shape index (κ1) is 16.6. The Balaban J connectivity index is 1.70. The first-order chi connectivity index (χ1) is 11.5. The van der Waals surface area contributed by atoms with Crippen molar-refractivity contribution in [1.82, 2.24) is 4.98 Å². The van der Waals surface area contributed by atoms with Crippen molar-refractivity contribution in [1.29, 1.82) is 0 Å². The molecular weight excluding hydrogens is 307 g/mol. The summed E-state index contributed by atoms with van der Waals surface area (Å²) in [4.78, 5) is 17.9. The van der Waals surface area contributed by atoms with Gasteiger partial charge < -0.3 is 10.0 Å². The Morgan fingerprint density at radius 1 is 1.33 bits per heavy atom. The van der Waals surface area contributed by atoms with Crippen molar-refractivity contribution in [2.75, 3.05) is 11.4 Å². The molecule has 0 unspecified atom stereocenters. The van der Waals surface area contributed by atoms with E-state index in [-0.39, 0.29) is 17.6 Å². The number of aliphatic hydroxyl groups is 1. The van der Waals surface area contributed by atoms with Gasteiger partial charge in [0.25, 0.3) is 0 Å². The summed E-state index contributed by atoms with van der Waals surface area (Å²) in [5.74, 6) is 0.524. The average molecular weight is 328 g/mol. The van der Waals surface area contributed by atoms with E-state index in [1.54, 1.807) is 24.4 Å². The zero-order valence-corrected chi connectivity index (χ0v) is 13.7. The number of anilines is 1. The molecule has 0 spiro atoms. The van der Waals surface area contributed by atoms with Gasteiger partial charge in [0.1, 0.15) is 11.6 Å². The van der Waals surface area contributed by atoms with E-state index in [1.165, 1.54) is 19.1 Å². The highest BCUT2D eigenvalue weighted by atomic mass is 19.1. The van der Waals surface area contributed by atoms with E-state index in [0.29, 0.717) is 12.0 Å². The molecule has 1 saturated heterocycles. The van der Waals surface area contributed by atoms with Crippen molar-refractivity contribution in [3.63, 3.8) is 0 Å². The summed E-state index contributed by atoms with van der Waals surface area (Å²) in [5, 5.41) is 10.4. The van der Waals surface area contributed by atoms with Gasteiger partial charge in [-0.15, -0.1) is 0 Å². The lowest BCUT2D eigenvalue weighted by Crippen LogP contribution is -2.31. The van der Waals surface area contributed by atoms with E-state index in [1.807, 2.05) is 6.07 Å². The number of carbonyl (C=O) groups is 1. The molecule has 1 fully saturated rings. The Kier molecular flexibility index (Phi) is 4.90. The molecule has 1 aliphatic rings. The number of ketones is 1. The number of pyridine rings is 1. The summed E-state index contributed by atoms with van der Waals surface area (Å²) in [6, 6.07) is 9.81. The van der Waals surface area contributed by atoms with E-state index in [2.05, 4.69) is 9.88 Å². The summed E-state index contributed by atoms with van der Waals surface area (Å²) < 4.78 is 13.0. The number of benzene rings is 1. The summed E-state index contributed by atoms with van der Waals surface area (Å²) in [6.07, 6.45) is 3.56. The van der Waals surface area contributed by atoms with E-state index in [4.69, 9.17) is 0 Å². The lowest BCUT2D eigenvalue weighted by molar-refractivity contribution is 0.101. The number of rotatable bonds is 5. The molecule has 1 aliphatic heterocycles. The second kappa shape index (κ2) is 7.09. The van der Waals surface area contributed by atoms with Crippen LogP contribution in [-0.2, 0) is 0 Å². The van der Waals surface area contributed by atoms with E-state index >= 15 is 0 Å². The maximum absolute atomic E-state index is 13.0. The quantitative estimate of drug-likeness (QED) is 0.853. The smallest absolute Gasteiger partial charge is 0.161 e. The lowest BCUT2D eigenvalue weighted by atomic mass is 10.0. The minimum atomic E-state index is -0.632. The molecule has 1 N–H and O–H groups in total. The SMILES string of the molecule is CC(=O)c1ccc(N2CCC[C@@H]2C[C@H](O)c2ccc(F)cc2)nc1. The van der Waals surface area contributed by atoms with Crippen molar-refractivity contribution in [2.24, 2.45) is 0 Å². The zero-order valence-electron chi connectivity index (χ0n) is 13.7. The second-order valence-electron chi connectivity index (χ2n) is 6.25. The van der Waals surface area contributed by atoms with Crippen LogP contribution in [0, 0.1) is 5.82 Å². The van der Waals surface area contributed by atoms with Gasteiger partial charge in [0.15, 0.2) is 5.78 Å². The topological polar surface area (TPSA) is 53.4 Å². The molecule has 1 aromatic heterocycles. The Morgan fingerprint density at radius 2 is 2.08 bits per heavy atom. The average Bonchev–Trinajstić information content (AvgIpc) is 3.03. The fourth-order valence-corrected chi connectivity index (χ4v) is 3.23. The summed E-state index contributed by atoms with van der Waals surface area (Å²) in [5.41, 5.74) is 1.32. The molecule has 126 valence electrons. The summed E-state index contributed by atoms with van der Waals surface area (Å²) in [6.45, 7) is 2.40. The van der Waals surface area contributed by atoms with Gasteiger partial charge in [-0.1, -0.05) is 12.1 Å². The minimum absolute atomic E-state index is 0.00115. The molecule has 4 nitrogen and oxygen atoms in total. The maximum atomic E-state index is 13.0. The number of hydrogen-bond donors (Lipinski definition) is 1. The van der Waals surface area contributed by atoms with Crippen LogP contribution in [0.15, 0.2) is 42.6 Å². The van der Waals surface area contributed by atoms with Crippen LogP contribution in [0.4, 0.5) is 10.2 Å². The number of hydrogen-bond acceptors (Lipinski definition) is 4. The van der Waals surface area contributed by atoms with Crippen LogP contribution in [0.2, 0.25) is 0 Å². The molecule has 0 aliphatic carbocycles. The van der Waals surface area contributed by atoms with Crippen LogP contribution >= 0.6 is 0 Å². The van der Waals surface area contributed by atoms with Crippen LogP contribution in [-0.4, -0.2) is 28.5 Å². The molecule has 3 rings (SSSR count). The highest BCUT2D eigenvalue weighted by molar-refractivity contribution is 5.93. The predicted octanol–water partition coefficient (Wildman–Crippen LogP) is 3.52. The first-order valence-electron chi connectivity index (χ1n) is 8.22. The number of aliphatic hydroxyl groups excluding tert-OH is 1. The third-order valence-corrected chi connectivity index (χ3v) is 4.58. The fourth-order valence-electron chi connectivity index (χ4n) is 3.23. The highest BCUT2D eigenvalue weighted by Gasteiger charge is 2.28. The largest absolute Gasteiger partial charge is 0.388 e. The van der Waals surface area contributed by atoms with E-state index in [0.717, 1.165) is 30.8 Å². The molecule has 0 saturated carbocycles. The van der Waals surface area contributed by atoms with Crippen LogP contribution in [0.3, 0.4) is 0 Å². The predicted molar refractivity (Wildman–Crippen MR) is 90.6 cm³/mol. The Labute approximate surface area is 141 Å². The Morgan fingerprint density at radius 3 is 2.71 bits per heavy atom. The molecule has 0 amide bonds. The molecule has 2 heterocycles. The van der Waals surface area contributed by atoms with Crippen LogP contribution in [0.1, 0.15) is 48.2 Å². The summed E-state index contributed by atoms with van der Waals surface area (Å²) >= 11 is 0. The van der Waals surface area contributed by atoms with Crippen LogP contribution in [0.5, 0.6) is 0 Å². The van der Waals surface area contributed by atoms with Crippen molar-refractivity contribution < 1.29 is 14.3 Å². The number of carbonyl (C=O) groups excluding carboxylic acids is 1. The number of halogens is 1. The Hall–Kier alpha value is -2.27. The first-order valence-corrected chi connectivity index (χ1v) is 8.22. The zero-order chi connectivity index (χ0) is 17.1. The van der Waals surface area contributed by atoms with Gasteiger partial charge in [0.05, 0.1) is 6.10 Å². The molecular formula is C19H21FN2O2. The van der Waals surface area contributed by atoms with Crippen molar-refractivity contribution in [3.8, 4) is 0 Å². The molecule has 2 aromatic rings. The number of Topliss-reactive ketones (excluding diaryl/α,β-unsaturated/α-hetero) is 1. The standard InChI is InChI=1S/C19H21FN2O2/c1-13(23)15-6-9-19(21-12-15)22-10-2-3-17(22)11-18(24)14-4-7-16(20)8-5-14/h4-9,12,17-18,24H,2-3,10-11H2,1H3/t17-,18+/m1/s1. The van der Waals surface area contributed by atoms with Crippen LogP contribution < -0.4 is 4.90 Å². The van der Waals surface area contributed by atoms with E-state index < -0.39 is 6.10 Å². The van der Waals surface area contributed by atoms with E-state index in [9.17, 15) is 14.3 Å². The maximum Gasteiger partial charge on any atom is 0.161 e. The summed E-state index contributed by atoms with van der Waals surface area (Å²) in [7, 11) is 0. The third kappa shape index (κ3) is 3.62. The number of aromatic nitrogens is 1. The lowest BCUT2D eigenvalue weighted by Gasteiger charge is -2.27. The molecule has 5 heteroatoms. The minimum Gasteiger partial charge on any atom is -0.388 e. The number of nitrogens with zero attached hydrogens (tertiary/aromatic N) is 2. The molecule has 1 aromatic carbocycles. The van der Waals surface area contributed by atoms with Gasteiger partial charge in [-0.2, -0.15) is 0 Å². The van der Waals surface area contributed by atoms with Crippen molar-refractivity contribution in [3.05, 3.63) is 59.5 Å². The van der Waals surface area contributed by atoms with Gasteiger partial charge in [-0.25, -0.2) is 9.37 Å². The van der Waals surface area contributed by atoms with Gasteiger partial charge in [0.2, 0.25) is 0 Å². The Bertz CT molecular complexity index is 700. The molecule has 0 radical (unpaired) electrons. The van der Waals surface area contributed by atoms with Crippen LogP contribution in [0.25, 0.3) is 0 Å². The molecule has 0 bridgehead atoms. The van der Waals surface area contributed by atoms with Gasteiger partial charge in [-0.3, -0.25) is 4.79 Å². The normalized spacial score (nSPS) is 18.6. The van der Waals surface area contributed by atoms with Gasteiger partial charge in [0, 0.05) is 24.3 Å². The molecule has 24 heavy (non-hydrogen) atoms.